The van der Waals surface area contributed by atoms with Crippen LogP contribution in [0.4, 0.5) is 11.4 Å². The van der Waals surface area contributed by atoms with Crippen molar-refractivity contribution in [1.29, 1.82) is 0 Å². The third kappa shape index (κ3) is 2.79. The maximum absolute atomic E-state index is 13.0. The van der Waals surface area contributed by atoms with Crippen molar-refractivity contribution < 1.29 is 8.42 Å². The molecule has 0 saturated carbocycles. The fraction of sp³-hybridized carbons (Fsp3) is 0.538. The molecule has 0 amide bonds. The minimum Gasteiger partial charge on any atom is -0.207 e. The highest BCUT2D eigenvalue weighted by Crippen LogP contribution is 2.39. The lowest BCUT2D eigenvalue weighted by Gasteiger charge is -2.28. The van der Waals surface area contributed by atoms with Gasteiger partial charge in [0.15, 0.2) is 0 Å². The molecule has 0 bridgehead atoms. The van der Waals surface area contributed by atoms with Crippen molar-refractivity contribution in [2.24, 2.45) is 8.73 Å². The highest BCUT2D eigenvalue weighted by atomic mass is 35.5. The Morgan fingerprint density at radius 1 is 1.29 bits per heavy atom. The number of hydrogen-bond acceptors (Lipinski definition) is 4. The molecule has 114 valence electrons. The van der Waals surface area contributed by atoms with Gasteiger partial charge in [-0.15, -0.1) is 11.6 Å². The van der Waals surface area contributed by atoms with Gasteiger partial charge in [0, 0.05) is 18.5 Å². The summed E-state index contributed by atoms with van der Waals surface area (Å²) in [6, 6.07) is 4.96. The Hall–Kier alpha value is -0.760. The molecule has 5 nitrogen and oxygen atoms in total. The number of alkyl halides is 1. The van der Waals surface area contributed by atoms with E-state index in [0.717, 1.165) is 37.0 Å². The minimum absolute atomic E-state index is 0.138. The average molecular weight is 346 g/mol. The Kier molecular flexibility index (Phi) is 4.44. The van der Waals surface area contributed by atoms with E-state index in [1.165, 1.54) is 0 Å². The highest BCUT2D eigenvalue weighted by Gasteiger charge is 2.34. The lowest BCUT2D eigenvalue weighted by molar-refractivity contribution is 0.345. The molecular formula is C13H16ClN3O2S2. The van der Waals surface area contributed by atoms with Crippen LogP contribution in [0.5, 0.6) is 0 Å². The molecule has 0 radical (unpaired) electrons. The summed E-state index contributed by atoms with van der Waals surface area (Å²) >= 11 is 7.04. The summed E-state index contributed by atoms with van der Waals surface area (Å²) in [4.78, 5) is 0.241. The predicted octanol–water partition coefficient (Wildman–Crippen LogP) is 3.59. The normalized spacial score (nSPS) is 22.6. The number of rotatable bonds is 3. The second-order valence-electron chi connectivity index (χ2n) is 5.16. The molecule has 3 rings (SSSR count). The number of sulfonamides is 1. The molecule has 2 aliphatic rings. The standard InChI is InChI=1S/C13H16ClN3O2S2/c14-9-10-5-2-1-3-8-17(10)21(18,19)12-7-4-6-11-13(12)16-20-15-11/h4,6-7,10H,1-3,5,8-9H2. The minimum atomic E-state index is -3.59. The molecule has 21 heavy (non-hydrogen) atoms. The Morgan fingerprint density at radius 2 is 2.14 bits per heavy atom. The third-order valence-corrected chi connectivity index (χ3v) is 6.72. The smallest absolute Gasteiger partial charge is 0.207 e. The Morgan fingerprint density at radius 3 is 2.95 bits per heavy atom. The summed E-state index contributed by atoms with van der Waals surface area (Å²) in [7, 11) is -3.59. The van der Waals surface area contributed by atoms with Gasteiger partial charge >= 0.3 is 0 Å². The topological polar surface area (TPSA) is 62.1 Å². The van der Waals surface area contributed by atoms with Crippen LogP contribution in [0.15, 0.2) is 31.8 Å². The summed E-state index contributed by atoms with van der Waals surface area (Å²) in [5, 5.41) is 0. The molecule has 1 atom stereocenters. The van der Waals surface area contributed by atoms with Crippen molar-refractivity contribution in [3.63, 3.8) is 0 Å². The van der Waals surface area contributed by atoms with Gasteiger partial charge in [-0.05, 0) is 25.0 Å². The van der Waals surface area contributed by atoms with E-state index in [4.69, 9.17) is 11.6 Å². The second-order valence-corrected chi connectivity index (χ2v) is 7.86. The van der Waals surface area contributed by atoms with Crippen molar-refractivity contribution in [3.8, 4) is 0 Å². The first-order valence-electron chi connectivity index (χ1n) is 6.93. The van der Waals surface area contributed by atoms with Gasteiger partial charge in [-0.3, -0.25) is 0 Å². The number of halogens is 1. The number of fused-ring (bicyclic) bond motifs is 1. The number of hydrogen-bond donors (Lipinski definition) is 0. The zero-order chi connectivity index (χ0) is 14.9. The van der Waals surface area contributed by atoms with E-state index in [2.05, 4.69) is 8.73 Å². The molecular weight excluding hydrogens is 330 g/mol. The predicted molar refractivity (Wildman–Crippen MR) is 84.9 cm³/mol. The zero-order valence-corrected chi connectivity index (χ0v) is 13.8. The van der Waals surface area contributed by atoms with Gasteiger partial charge < -0.3 is 0 Å². The largest absolute Gasteiger partial charge is 0.245 e. The van der Waals surface area contributed by atoms with E-state index in [-0.39, 0.29) is 10.9 Å². The maximum atomic E-state index is 13.0. The zero-order valence-electron chi connectivity index (χ0n) is 11.4. The number of nitrogens with zero attached hydrogens (tertiary/aromatic N) is 3. The quantitative estimate of drug-likeness (QED) is 0.798. The average Bonchev–Trinajstić information content (AvgIpc) is 2.82. The lowest BCUT2D eigenvalue weighted by atomic mass is 10.1. The monoisotopic (exact) mass is 345 g/mol. The first-order chi connectivity index (χ1) is 10.1. The lowest BCUT2D eigenvalue weighted by Crippen LogP contribution is -2.41. The van der Waals surface area contributed by atoms with Gasteiger partial charge in [-0.2, -0.15) is 13.0 Å². The molecule has 0 N–H and O–H groups in total. The maximum Gasteiger partial charge on any atom is 0.245 e. The molecule has 2 aliphatic heterocycles. The van der Waals surface area contributed by atoms with Crippen molar-refractivity contribution in [1.82, 2.24) is 4.31 Å². The molecule has 8 heteroatoms. The van der Waals surface area contributed by atoms with Gasteiger partial charge in [0.05, 0.1) is 11.4 Å². The Labute approximate surface area is 133 Å². The molecule has 1 fully saturated rings. The van der Waals surface area contributed by atoms with Gasteiger partial charge in [-0.25, -0.2) is 8.42 Å². The molecule has 1 aromatic rings. The van der Waals surface area contributed by atoms with E-state index < -0.39 is 10.0 Å². The first kappa shape index (κ1) is 15.1. The number of benzene rings is 1. The van der Waals surface area contributed by atoms with Crippen LogP contribution in [0.25, 0.3) is 0 Å². The van der Waals surface area contributed by atoms with E-state index in [0.29, 0.717) is 23.8 Å². The van der Waals surface area contributed by atoms with Crippen LogP contribution in [-0.4, -0.2) is 31.2 Å². The van der Waals surface area contributed by atoms with Crippen LogP contribution in [-0.2, 0) is 21.4 Å². The summed E-state index contributed by atoms with van der Waals surface area (Å²) in [5.74, 6) is 0.324. The highest BCUT2D eigenvalue weighted by molar-refractivity contribution is 7.89. The summed E-state index contributed by atoms with van der Waals surface area (Å²) in [6.07, 6.45) is 3.75. The Bertz CT molecular complexity index is 714. The van der Waals surface area contributed by atoms with Crippen LogP contribution in [0.1, 0.15) is 25.7 Å². The second kappa shape index (κ2) is 6.16. The molecule has 0 aromatic heterocycles. The molecule has 0 aliphatic carbocycles. The van der Waals surface area contributed by atoms with Gasteiger partial charge in [0.2, 0.25) is 10.0 Å². The summed E-state index contributed by atoms with van der Waals surface area (Å²) in [5.41, 5.74) is 1.08. The first-order valence-corrected chi connectivity index (χ1v) is 9.64. The Balaban J connectivity index is 2.04. The van der Waals surface area contributed by atoms with Crippen LogP contribution < -0.4 is 0 Å². The van der Waals surface area contributed by atoms with Gasteiger partial charge in [-0.1, -0.05) is 18.9 Å². The van der Waals surface area contributed by atoms with Crippen LogP contribution in [0.2, 0.25) is 0 Å². The van der Waals surface area contributed by atoms with E-state index in [9.17, 15) is 8.42 Å². The van der Waals surface area contributed by atoms with E-state index in [1.54, 1.807) is 22.5 Å². The van der Waals surface area contributed by atoms with Crippen molar-refractivity contribution in [2.45, 2.75) is 36.6 Å². The van der Waals surface area contributed by atoms with Gasteiger partial charge in [0.25, 0.3) is 0 Å². The van der Waals surface area contributed by atoms with Crippen LogP contribution >= 0.6 is 11.6 Å². The van der Waals surface area contributed by atoms with Gasteiger partial charge in [0.1, 0.15) is 16.3 Å². The van der Waals surface area contributed by atoms with Crippen molar-refractivity contribution in [3.05, 3.63) is 18.2 Å². The molecule has 0 spiro atoms. The molecule has 2 heterocycles. The van der Waals surface area contributed by atoms with Crippen LogP contribution in [0, 0.1) is 0 Å². The SMILES string of the molecule is O=S(=O)(c1cccc2c1N=S=N2)N1CCCCCC1CCl. The van der Waals surface area contributed by atoms with E-state index in [1.807, 2.05) is 0 Å². The molecule has 1 unspecified atom stereocenters. The molecule has 1 aromatic carbocycles. The summed E-state index contributed by atoms with van der Waals surface area (Å²) < 4.78 is 35.9. The fourth-order valence-electron chi connectivity index (χ4n) is 2.74. The van der Waals surface area contributed by atoms with Crippen molar-refractivity contribution in [2.75, 3.05) is 12.4 Å². The van der Waals surface area contributed by atoms with Crippen LogP contribution in [0.3, 0.4) is 0 Å². The van der Waals surface area contributed by atoms with Crippen molar-refractivity contribution >= 4 is 44.4 Å². The fourth-order valence-corrected chi connectivity index (χ4v) is 5.59. The summed E-state index contributed by atoms with van der Waals surface area (Å²) in [6.45, 7) is 0.522. The van der Waals surface area contributed by atoms with E-state index >= 15 is 0 Å². The molecule has 1 saturated heterocycles. The third-order valence-electron chi connectivity index (χ3n) is 3.84.